The summed E-state index contributed by atoms with van der Waals surface area (Å²) in [4.78, 5) is 30.7. The average molecular weight is 474 g/mol. The van der Waals surface area contributed by atoms with E-state index in [1.807, 2.05) is 61.5 Å². The highest BCUT2D eigenvalue weighted by Crippen LogP contribution is 2.23. The van der Waals surface area contributed by atoms with Gasteiger partial charge in [-0.05, 0) is 49.6 Å². The maximum atomic E-state index is 13.4. The van der Waals surface area contributed by atoms with Gasteiger partial charge in [0.15, 0.2) is 5.16 Å². The third-order valence-electron chi connectivity index (χ3n) is 5.51. The summed E-state index contributed by atoms with van der Waals surface area (Å²) in [5.41, 5.74) is 2.31. The minimum Gasteiger partial charge on any atom is -0.497 e. The number of aryl methyl sites for hydroxylation is 1. The zero-order chi connectivity index (χ0) is 23.9. The molecule has 4 rings (SSSR count). The highest BCUT2D eigenvalue weighted by atomic mass is 32.2. The molecule has 0 aliphatic carbocycles. The third-order valence-corrected chi connectivity index (χ3v) is 6.44. The summed E-state index contributed by atoms with van der Waals surface area (Å²) in [7, 11) is 1.58. The number of benzene rings is 3. The van der Waals surface area contributed by atoms with E-state index in [0.717, 1.165) is 12.8 Å². The number of nitrogens with one attached hydrogen (secondary N) is 1. The maximum Gasteiger partial charge on any atom is 0.266 e. The van der Waals surface area contributed by atoms with E-state index < -0.39 is 0 Å². The van der Waals surface area contributed by atoms with Gasteiger partial charge in [0.05, 0.1) is 29.5 Å². The zero-order valence-electron chi connectivity index (χ0n) is 19.2. The standard InChI is InChI=1S/C27H27N3O3S/c1-19(15-16-20-9-4-3-5-10-20)28-25(31)18-34-27-29-24-14-7-6-13-23(24)26(32)30(27)21-11-8-12-22(17-21)33-2/h3-14,17,19H,15-16,18H2,1-2H3,(H,28,31). The van der Waals surface area contributed by atoms with Crippen molar-refractivity contribution in [2.75, 3.05) is 12.9 Å². The number of ether oxygens (including phenoxy) is 1. The Kier molecular flexibility index (Phi) is 7.65. The van der Waals surface area contributed by atoms with E-state index in [1.54, 1.807) is 23.8 Å². The number of fused-ring (bicyclic) bond motifs is 1. The average Bonchev–Trinajstić information content (AvgIpc) is 2.87. The molecule has 1 heterocycles. The number of amides is 1. The summed E-state index contributed by atoms with van der Waals surface area (Å²) in [5.74, 6) is 0.702. The summed E-state index contributed by atoms with van der Waals surface area (Å²) in [6.45, 7) is 2.01. The first kappa shape index (κ1) is 23.6. The molecule has 0 saturated heterocycles. The van der Waals surface area contributed by atoms with E-state index >= 15 is 0 Å². The molecule has 174 valence electrons. The Morgan fingerprint density at radius 3 is 2.62 bits per heavy atom. The number of rotatable bonds is 9. The quantitative estimate of drug-likeness (QED) is 0.284. The fourth-order valence-electron chi connectivity index (χ4n) is 3.73. The van der Waals surface area contributed by atoms with Gasteiger partial charge in [0, 0.05) is 12.1 Å². The lowest BCUT2D eigenvalue weighted by atomic mass is 10.1. The van der Waals surface area contributed by atoms with Crippen LogP contribution in [-0.4, -0.2) is 34.4 Å². The first-order chi connectivity index (χ1) is 16.5. The molecule has 1 amide bonds. The number of hydrogen-bond donors (Lipinski definition) is 1. The lowest BCUT2D eigenvalue weighted by molar-refractivity contribution is -0.119. The summed E-state index contributed by atoms with van der Waals surface area (Å²) in [5, 5.41) is 4.04. The lowest BCUT2D eigenvalue weighted by Gasteiger charge is -2.16. The van der Waals surface area contributed by atoms with E-state index in [9.17, 15) is 9.59 Å². The first-order valence-electron chi connectivity index (χ1n) is 11.2. The van der Waals surface area contributed by atoms with Crippen molar-refractivity contribution in [3.63, 3.8) is 0 Å². The van der Waals surface area contributed by atoms with Gasteiger partial charge in [-0.3, -0.25) is 14.2 Å². The number of methoxy groups -OCH3 is 1. The number of hydrogen-bond acceptors (Lipinski definition) is 5. The van der Waals surface area contributed by atoms with Crippen LogP contribution in [0, 0.1) is 0 Å². The minimum absolute atomic E-state index is 0.0402. The van der Waals surface area contributed by atoms with Crippen molar-refractivity contribution in [2.45, 2.75) is 31.0 Å². The van der Waals surface area contributed by atoms with Gasteiger partial charge in [-0.25, -0.2) is 4.98 Å². The van der Waals surface area contributed by atoms with Gasteiger partial charge < -0.3 is 10.1 Å². The molecule has 1 aromatic heterocycles. The molecule has 34 heavy (non-hydrogen) atoms. The Labute approximate surface area is 203 Å². The topological polar surface area (TPSA) is 73.2 Å². The van der Waals surface area contributed by atoms with Crippen molar-refractivity contribution in [2.24, 2.45) is 0 Å². The molecule has 7 heteroatoms. The molecule has 0 aliphatic heterocycles. The van der Waals surface area contributed by atoms with E-state index in [4.69, 9.17) is 9.72 Å². The largest absolute Gasteiger partial charge is 0.497 e. The van der Waals surface area contributed by atoms with Crippen LogP contribution < -0.4 is 15.6 Å². The van der Waals surface area contributed by atoms with Crippen molar-refractivity contribution >= 4 is 28.6 Å². The molecule has 0 bridgehead atoms. The SMILES string of the molecule is COc1cccc(-n2c(SCC(=O)NC(C)CCc3ccccc3)nc3ccccc3c2=O)c1. The van der Waals surface area contributed by atoms with Crippen molar-refractivity contribution in [1.29, 1.82) is 0 Å². The number of carbonyl (C=O) groups excluding carboxylic acids is 1. The summed E-state index contributed by atoms with van der Waals surface area (Å²) in [6, 6.07) is 24.8. The van der Waals surface area contributed by atoms with E-state index in [-0.39, 0.29) is 23.3 Å². The fourth-order valence-corrected chi connectivity index (χ4v) is 4.56. The second kappa shape index (κ2) is 11.0. The second-order valence-corrected chi connectivity index (χ2v) is 8.98. The lowest BCUT2D eigenvalue weighted by Crippen LogP contribution is -2.34. The van der Waals surface area contributed by atoms with Crippen LogP contribution in [-0.2, 0) is 11.2 Å². The Bertz CT molecular complexity index is 1340. The van der Waals surface area contributed by atoms with E-state index in [1.165, 1.54) is 17.3 Å². The summed E-state index contributed by atoms with van der Waals surface area (Å²) < 4.78 is 6.88. The fraction of sp³-hybridized carbons (Fsp3) is 0.222. The van der Waals surface area contributed by atoms with Crippen LogP contribution in [0.3, 0.4) is 0 Å². The van der Waals surface area contributed by atoms with Crippen LogP contribution in [0.5, 0.6) is 5.75 Å². The van der Waals surface area contributed by atoms with Gasteiger partial charge in [0.1, 0.15) is 5.75 Å². The van der Waals surface area contributed by atoms with Crippen LogP contribution in [0.1, 0.15) is 18.9 Å². The van der Waals surface area contributed by atoms with Crippen LogP contribution in [0.4, 0.5) is 0 Å². The van der Waals surface area contributed by atoms with Gasteiger partial charge in [0.25, 0.3) is 5.56 Å². The molecule has 3 aromatic carbocycles. The molecule has 0 saturated carbocycles. The van der Waals surface area contributed by atoms with Crippen LogP contribution in [0.25, 0.3) is 16.6 Å². The predicted molar refractivity (Wildman–Crippen MR) is 137 cm³/mol. The molecular formula is C27H27N3O3S. The van der Waals surface area contributed by atoms with Crippen molar-refractivity contribution < 1.29 is 9.53 Å². The maximum absolute atomic E-state index is 13.4. The Balaban J connectivity index is 1.51. The number of carbonyl (C=O) groups is 1. The van der Waals surface area contributed by atoms with Crippen LogP contribution >= 0.6 is 11.8 Å². The second-order valence-electron chi connectivity index (χ2n) is 8.04. The van der Waals surface area contributed by atoms with Gasteiger partial charge in [-0.1, -0.05) is 60.3 Å². The third kappa shape index (κ3) is 5.66. The number of nitrogens with zero attached hydrogens (tertiary/aromatic N) is 2. The van der Waals surface area contributed by atoms with E-state index in [2.05, 4.69) is 17.4 Å². The highest BCUT2D eigenvalue weighted by molar-refractivity contribution is 7.99. The van der Waals surface area contributed by atoms with Crippen molar-refractivity contribution in [3.8, 4) is 11.4 Å². The van der Waals surface area contributed by atoms with Crippen LogP contribution in [0.2, 0.25) is 0 Å². The van der Waals surface area contributed by atoms with Gasteiger partial charge in [-0.15, -0.1) is 0 Å². The molecule has 1 unspecified atom stereocenters. The predicted octanol–water partition coefficient (Wildman–Crippen LogP) is 4.62. The van der Waals surface area contributed by atoms with E-state index in [0.29, 0.717) is 27.5 Å². The van der Waals surface area contributed by atoms with Gasteiger partial charge in [0.2, 0.25) is 5.91 Å². The zero-order valence-corrected chi connectivity index (χ0v) is 20.0. The normalized spacial score (nSPS) is 11.8. The molecule has 0 fully saturated rings. The first-order valence-corrected chi connectivity index (χ1v) is 12.2. The summed E-state index contributed by atoms with van der Waals surface area (Å²) >= 11 is 1.25. The Morgan fingerprint density at radius 2 is 1.82 bits per heavy atom. The minimum atomic E-state index is -0.182. The molecule has 0 spiro atoms. The smallest absolute Gasteiger partial charge is 0.266 e. The molecule has 6 nitrogen and oxygen atoms in total. The molecule has 0 aliphatic rings. The molecular weight excluding hydrogens is 446 g/mol. The number of para-hydroxylation sites is 1. The number of thioether (sulfide) groups is 1. The Hall–Kier alpha value is -3.58. The monoisotopic (exact) mass is 473 g/mol. The van der Waals surface area contributed by atoms with Crippen LogP contribution in [0.15, 0.2) is 88.8 Å². The molecule has 1 N–H and O–H groups in total. The molecule has 1 atom stereocenters. The number of aromatic nitrogens is 2. The van der Waals surface area contributed by atoms with Gasteiger partial charge in [-0.2, -0.15) is 0 Å². The Morgan fingerprint density at radius 1 is 1.06 bits per heavy atom. The molecule has 4 aromatic rings. The molecule has 0 radical (unpaired) electrons. The highest BCUT2D eigenvalue weighted by Gasteiger charge is 2.16. The van der Waals surface area contributed by atoms with Crippen molar-refractivity contribution in [3.05, 3.63) is 94.8 Å². The van der Waals surface area contributed by atoms with Crippen molar-refractivity contribution in [1.82, 2.24) is 14.9 Å². The van der Waals surface area contributed by atoms with Gasteiger partial charge >= 0.3 is 0 Å². The summed E-state index contributed by atoms with van der Waals surface area (Å²) in [6.07, 6.45) is 1.75.